The van der Waals surface area contributed by atoms with Gasteiger partial charge in [0.05, 0.1) is 24.9 Å². The van der Waals surface area contributed by atoms with Crippen LogP contribution in [0.1, 0.15) is 108 Å². The molecule has 1 saturated heterocycles. The predicted molar refractivity (Wildman–Crippen MR) is 212 cm³/mol. The second-order valence-corrected chi connectivity index (χ2v) is 15.6. The molecule has 1 atom stereocenters. The number of benzene rings is 1. The Morgan fingerprint density at radius 2 is 1.65 bits per heavy atom. The number of hydrogen-bond donors (Lipinski definition) is 5. The maximum atomic E-state index is 13.0. The highest BCUT2D eigenvalue weighted by atomic mass is 16.5. The van der Waals surface area contributed by atoms with Crippen LogP contribution in [-0.2, 0) is 27.4 Å². The van der Waals surface area contributed by atoms with E-state index in [1.54, 1.807) is 0 Å². The Hall–Kier alpha value is -3.88. The van der Waals surface area contributed by atoms with Crippen LogP contribution in [0.15, 0.2) is 30.5 Å². The van der Waals surface area contributed by atoms with Gasteiger partial charge in [-0.3, -0.25) is 14.3 Å². The molecule has 3 fully saturated rings. The summed E-state index contributed by atoms with van der Waals surface area (Å²) in [5, 5.41) is 23.9. The molecule has 54 heavy (non-hydrogen) atoms. The van der Waals surface area contributed by atoms with E-state index in [9.17, 15) is 9.59 Å². The van der Waals surface area contributed by atoms with E-state index in [4.69, 9.17) is 20.4 Å². The molecule has 3 aromatic rings. The highest BCUT2D eigenvalue weighted by Gasteiger charge is 2.26. The zero-order valence-electron chi connectivity index (χ0n) is 32.2. The predicted octanol–water partition coefficient (Wildman–Crippen LogP) is 4.76. The summed E-state index contributed by atoms with van der Waals surface area (Å²) in [6.45, 7) is 6.08. The number of nitrogens with two attached hydrogens (primary N) is 1. The Morgan fingerprint density at radius 1 is 0.889 bits per heavy atom. The smallest absolute Gasteiger partial charge is 0.322 e. The first-order valence-electron chi connectivity index (χ1n) is 20.8. The molecule has 0 spiro atoms. The van der Waals surface area contributed by atoms with Gasteiger partial charge in [-0.05, 0) is 95.5 Å². The van der Waals surface area contributed by atoms with E-state index in [0.29, 0.717) is 44.5 Å². The highest BCUT2D eigenvalue weighted by molar-refractivity contribution is 5.90. The number of aryl methyl sites for hydroxylation is 1. The van der Waals surface area contributed by atoms with Gasteiger partial charge < -0.3 is 36.6 Å². The number of nitrogens with one attached hydrogen (secondary N) is 4. The van der Waals surface area contributed by atoms with Gasteiger partial charge in [-0.2, -0.15) is 4.98 Å². The van der Waals surface area contributed by atoms with Gasteiger partial charge in [-0.1, -0.05) is 55.9 Å². The molecule has 1 aromatic carbocycles. The first kappa shape index (κ1) is 39.8. The molecule has 0 radical (unpaired) electrons. The van der Waals surface area contributed by atoms with Crippen molar-refractivity contribution in [3.05, 3.63) is 36.2 Å². The van der Waals surface area contributed by atoms with Crippen LogP contribution in [-0.4, -0.2) is 99.2 Å². The SMILES string of the molecule is NC(CCC(=O)N1CCC(Nc2nc(NCc3cn(CCCNCCCNC4CCCCC4)nn3)nc3ccccc23)CC1)C(=O)OCC1CCCCC1. The van der Waals surface area contributed by atoms with Crippen LogP contribution in [0.4, 0.5) is 11.8 Å². The summed E-state index contributed by atoms with van der Waals surface area (Å²) >= 11 is 0. The van der Waals surface area contributed by atoms with Crippen LogP contribution in [0.5, 0.6) is 0 Å². The van der Waals surface area contributed by atoms with Crippen LogP contribution < -0.4 is 27.0 Å². The number of hydrogen-bond acceptors (Lipinski definition) is 12. The molecule has 2 aromatic heterocycles. The summed E-state index contributed by atoms with van der Waals surface area (Å²) in [5.74, 6) is 1.37. The van der Waals surface area contributed by atoms with Gasteiger partial charge in [-0.15, -0.1) is 5.10 Å². The number of para-hydroxylation sites is 1. The third kappa shape index (κ3) is 12.6. The number of aromatic nitrogens is 5. The number of anilines is 2. The normalized spacial score (nSPS) is 18.1. The molecule has 296 valence electrons. The molecule has 3 heterocycles. The molecule has 0 bridgehead atoms. The van der Waals surface area contributed by atoms with Crippen molar-refractivity contribution in [2.45, 2.75) is 134 Å². The number of ether oxygens (including phenoxy) is 1. The van der Waals surface area contributed by atoms with Crippen LogP contribution in [0.25, 0.3) is 10.9 Å². The number of carbonyl (C=O) groups excluding carboxylic acids is 2. The van der Waals surface area contributed by atoms with Gasteiger partial charge in [0.25, 0.3) is 0 Å². The Morgan fingerprint density at radius 3 is 2.46 bits per heavy atom. The van der Waals surface area contributed by atoms with Crippen molar-refractivity contribution in [3.63, 3.8) is 0 Å². The Labute approximate surface area is 320 Å². The first-order valence-corrected chi connectivity index (χ1v) is 20.8. The number of esters is 1. The van der Waals surface area contributed by atoms with Crippen LogP contribution in [0.2, 0.25) is 0 Å². The summed E-state index contributed by atoms with van der Waals surface area (Å²) in [5.41, 5.74) is 7.78. The van der Waals surface area contributed by atoms with Crippen molar-refractivity contribution >= 4 is 34.5 Å². The molecule has 14 nitrogen and oxygen atoms in total. The van der Waals surface area contributed by atoms with Crippen molar-refractivity contribution in [2.24, 2.45) is 11.7 Å². The molecule has 6 rings (SSSR count). The molecule has 2 saturated carbocycles. The third-order valence-electron chi connectivity index (χ3n) is 11.3. The molecule has 1 unspecified atom stereocenters. The Bertz CT molecular complexity index is 1580. The minimum absolute atomic E-state index is 0.0320. The molecule has 14 heteroatoms. The fourth-order valence-corrected chi connectivity index (χ4v) is 7.96. The number of rotatable bonds is 20. The van der Waals surface area contributed by atoms with E-state index in [-0.39, 0.29) is 18.4 Å². The average Bonchev–Trinajstić information content (AvgIpc) is 3.67. The van der Waals surface area contributed by atoms with Gasteiger partial charge >= 0.3 is 5.97 Å². The standard InChI is InChI=1S/C40H63N11O3/c41-35(39(53)54-29-30-11-3-1-4-12-30)17-18-37(52)50-25-19-32(20-26-50)45-38-34-15-7-8-16-36(34)46-40(47-38)44-27-33-28-51(49-48-33)24-10-22-42-21-9-23-43-31-13-5-2-6-14-31/h7-8,15-16,28,30-32,35,42-43H,1-6,9-14,17-27,29,41H2,(H2,44,45,46,47). The van der Waals surface area contributed by atoms with Crippen molar-refractivity contribution in [2.75, 3.05) is 50.0 Å². The lowest BCUT2D eigenvalue weighted by atomic mass is 9.90. The highest BCUT2D eigenvalue weighted by Crippen LogP contribution is 2.26. The molecule has 1 amide bonds. The number of carbonyl (C=O) groups is 2. The van der Waals surface area contributed by atoms with Crippen molar-refractivity contribution in [1.29, 1.82) is 0 Å². The molecule has 1 aliphatic heterocycles. The van der Waals surface area contributed by atoms with E-state index in [1.165, 1.54) is 51.4 Å². The van der Waals surface area contributed by atoms with E-state index < -0.39 is 12.0 Å². The van der Waals surface area contributed by atoms with Gasteiger partial charge in [-0.25, -0.2) is 4.98 Å². The summed E-state index contributed by atoms with van der Waals surface area (Å²) in [6.07, 6.45) is 19.0. The van der Waals surface area contributed by atoms with Gasteiger partial charge in [0, 0.05) is 43.5 Å². The zero-order valence-corrected chi connectivity index (χ0v) is 32.2. The second-order valence-electron chi connectivity index (χ2n) is 15.6. The third-order valence-corrected chi connectivity index (χ3v) is 11.3. The number of nitrogens with zero attached hydrogens (tertiary/aromatic N) is 6. The van der Waals surface area contributed by atoms with Gasteiger partial charge in [0.2, 0.25) is 11.9 Å². The van der Waals surface area contributed by atoms with Crippen LogP contribution in [0.3, 0.4) is 0 Å². The van der Waals surface area contributed by atoms with E-state index in [2.05, 4.69) is 31.6 Å². The fraction of sp³-hybridized carbons (Fsp3) is 0.700. The first-order chi connectivity index (χ1) is 26.5. The number of piperidine rings is 1. The lowest BCUT2D eigenvalue weighted by molar-refractivity contribution is -0.147. The lowest BCUT2D eigenvalue weighted by Crippen LogP contribution is -2.43. The minimum atomic E-state index is -0.766. The van der Waals surface area contributed by atoms with Gasteiger partial charge in [0.15, 0.2) is 0 Å². The van der Waals surface area contributed by atoms with Crippen LogP contribution in [0, 0.1) is 5.92 Å². The second kappa shape index (κ2) is 21.3. The van der Waals surface area contributed by atoms with Crippen LogP contribution >= 0.6 is 0 Å². The summed E-state index contributed by atoms with van der Waals surface area (Å²) < 4.78 is 7.39. The van der Waals surface area contributed by atoms with Gasteiger partial charge in [0.1, 0.15) is 17.6 Å². The monoisotopic (exact) mass is 746 g/mol. The number of fused-ring (bicyclic) bond motifs is 1. The quantitative estimate of drug-likeness (QED) is 0.0793. The van der Waals surface area contributed by atoms with Crippen molar-refractivity contribution in [1.82, 2.24) is 40.5 Å². The van der Waals surface area contributed by atoms with Crippen molar-refractivity contribution in [3.8, 4) is 0 Å². The molecule has 2 aliphatic carbocycles. The summed E-state index contributed by atoms with van der Waals surface area (Å²) in [6, 6.07) is 8.10. The van der Waals surface area contributed by atoms with E-state index in [1.807, 2.05) is 40.0 Å². The van der Waals surface area contributed by atoms with E-state index >= 15 is 0 Å². The topological polar surface area (TPSA) is 177 Å². The average molecular weight is 746 g/mol. The van der Waals surface area contributed by atoms with Crippen molar-refractivity contribution < 1.29 is 14.3 Å². The summed E-state index contributed by atoms with van der Waals surface area (Å²) in [7, 11) is 0. The number of likely N-dealkylation sites (tertiary alicyclic amines) is 1. The molecular weight excluding hydrogens is 683 g/mol. The lowest BCUT2D eigenvalue weighted by Gasteiger charge is -2.33. The largest absolute Gasteiger partial charge is 0.464 e. The molecule has 3 aliphatic rings. The molecule has 6 N–H and O–H groups in total. The number of amides is 1. The fourth-order valence-electron chi connectivity index (χ4n) is 7.96. The van der Waals surface area contributed by atoms with E-state index in [0.717, 1.165) is 93.2 Å². The maximum absolute atomic E-state index is 13.0. The minimum Gasteiger partial charge on any atom is -0.464 e. The zero-order chi connectivity index (χ0) is 37.4. The summed E-state index contributed by atoms with van der Waals surface area (Å²) in [4.78, 5) is 36.9. The Kier molecular flexibility index (Phi) is 15.7. The maximum Gasteiger partial charge on any atom is 0.322 e. The molecular formula is C40H63N11O3. The Balaban J connectivity index is 0.890.